The van der Waals surface area contributed by atoms with Gasteiger partial charge in [-0.25, -0.2) is 0 Å². The Morgan fingerprint density at radius 1 is 0.469 bits per heavy atom. The second kappa shape index (κ2) is 41.5. The first kappa shape index (κ1) is 48.1. The summed E-state index contributed by atoms with van der Waals surface area (Å²) in [6, 6.07) is -0.614. The average Bonchev–Trinajstić information content (AvgIpc) is 3.10. The van der Waals surface area contributed by atoms with Crippen LogP contribution < -0.4 is 5.32 Å². The van der Waals surface area contributed by atoms with E-state index < -0.39 is 12.1 Å². The normalized spacial score (nSPS) is 13.0. The largest absolute Gasteiger partial charge is 0.394 e. The molecule has 4 nitrogen and oxygen atoms in total. The van der Waals surface area contributed by atoms with Crippen molar-refractivity contribution in [2.24, 2.45) is 0 Å². The highest BCUT2D eigenvalue weighted by Crippen LogP contribution is 2.17. The lowest BCUT2D eigenvalue weighted by Gasteiger charge is -2.20. The van der Waals surface area contributed by atoms with Gasteiger partial charge in [0.05, 0.1) is 18.8 Å². The lowest BCUT2D eigenvalue weighted by atomic mass is 10.0. The van der Waals surface area contributed by atoms with Crippen molar-refractivity contribution >= 4 is 5.91 Å². The van der Waals surface area contributed by atoms with Crippen LogP contribution in [0.25, 0.3) is 0 Å². The van der Waals surface area contributed by atoms with Crippen LogP contribution in [-0.4, -0.2) is 34.9 Å². The first-order chi connectivity index (χ1) is 24.2. The summed E-state index contributed by atoms with van der Waals surface area (Å²) in [5.74, 6) is -0.0687. The minimum Gasteiger partial charge on any atom is -0.394 e. The summed E-state index contributed by atoms with van der Waals surface area (Å²) in [6.45, 7) is 4.28. The molecule has 4 heteroatoms. The number of nitrogens with one attached hydrogen (secondary N) is 1. The monoisotopic (exact) mass is 692 g/mol. The standard InChI is InChI=1S/C45H89NO3/c1-3-5-7-9-11-12-13-14-15-16-17-18-19-20-21-22-23-24-25-26-27-28-29-30-31-32-33-35-36-38-40-44(48)43(42-47)46-45(49)41-39-37-34-10-8-6-4-2/h38,40,43-44,47-48H,3-37,39,41-42H2,1-2H3,(H,46,49)/b40-38+. The number of hydrogen-bond acceptors (Lipinski definition) is 3. The summed E-state index contributed by atoms with van der Waals surface area (Å²) in [4.78, 5) is 12.2. The molecule has 292 valence electrons. The molecule has 0 radical (unpaired) electrons. The highest BCUT2D eigenvalue weighted by Gasteiger charge is 2.17. The summed E-state index contributed by atoms with van der Waals surface area (Å²) in [5, 5.41) is 22.8. The van der Waals surface area contributed by atoms with E-state index in [1.165, 1.54) is 205 Å². The van der Waals surface area contributed by atoms with E-state index in [2.05, 4.69) is 19.2 Å². The fraction of sp³-hybridized carbons (Fsp3) is 0.933. The molecule has 0 aromatic heterocycles. The lowest BCUT2D eigenvalue weighted by molar-refractivity contribution is -0.123. The third-order valence-corrected chi connectivity index (χ3v) is 10.5. The molecule has 0 saturated heterocycles. The SMILES string of the molecule is CCCCCCCCCCCCCCCCCCCCCCCCCCCCCC/C=C/C(O)C(CO)NC(=O)CCCCCCCCC. The van der Waals surface area contributed by atoms with Gasteiger partial charge in [0.2, 0.25) is 5.91 Å². The number of hydrogen-bond donors (Lipinski definition) is 3. The van der Waals surface area contributed by atoms with Gasteiger partial charge in [-0.15, -0.1) is 0 Å². The Kier molecular flexibility index (Phi) is 40.8. The molecule has 0 aliphatic carbocycles. The Hall–Kier alpha value is -0.870. The summed E-state index contributed by atoms with van der Waals surface area (Å²) in [5.41, 5.74) is 0. The number of rotatable bonds is 41. The summed E-state index contributed by atoms with van der Waals surface area (Å²) >= 11 is 0. The van der Waals surface area contributed by atoms with E-state index in [1.807, 2.05) is 6.08 Å². The molecule has 49 heavy (non-hydrogen) atoms. The molecule has 0 aromatic carbocycles. The van der Waals surface area contributed by atoms with E-state index >= 15 is 0 Å². The minimum atomic E-state index is -0.832. The second-order valence-electron chi connectivity index (χ2n) is 15.5. The zero-order valence-corrected chi connectivity index (χ0v) is 33.5. The zero-order chi connectivity index (χ0) is 35.7. The van der Waals surface area contributed by atoms with Crippen LogP contribution in [0.3, 0.4) is 0 Å². The molecular formula is C45H89NO3. The van der Waals surface area contributed by atoms with Crippen LogP contribution >= 0.6 is 0 Å². The van der Waals surface area contributed by atoms with Gasteiger partial charge in [-0.05, 0) is 19.3 Å². The molecular weight excluding hydrogens is 602 g/mol. The molecule has 0 aromatic rings. The van der Waals surface area contributed by atoms with Gasteiger partial charge < -0.3 is 15.5 Å². The molecule has 2 atom stereocenters. The van der Waals surface area contributed by atoms with E-state index in [-0.39, 0.29) is 12.5 Å². The van der Waals surface area contributed by atoms with Gasteiger partial charge in [-0.3, -0.25) is 4.79 Å². The van der Waals surface area contributed by atoms with Crippen molar-refractivity contribution in [3.05, 3.63) is 12.2 Å². The predicted octanol–water partition coefficient (Wildman–Crippen LogP) is 13.9. The van der Waals surface area contributed by atoms with Gasteiger partial charge >= 0.3 is 0 Å². The smallest absolute Gasteiger partial charge is 0.220 e. The van der Waals surface area contributed by atoms with E-state index in [9.17, 15) is 15.0 Å². The number of unbranched alkanes of at least 4 members (excludes halogenated alkanes) is 34. The third kappa shape index (κ3) is 38.2. The van der Waals surface area contributed by atoms with Crippen molar-refractivity contribution in [3.8, 4) is 0 Å². The first-order valence-electron chi connectivity index (χ1n) is 22.4. The van der Waals surface area contributed by atoms with Crippen LogP contribution in [0.1, 0.15) is 251 Å². The average molecular weight is 692 g/mol. The van der Waals surface area contributed by atoms with Gasteiger partial charge in [0.15, 0.2) is 0 Å². The number of allylic oxidation sites excluding steroid dienone is 1. The number of carbonyl (C=O) groups is 1. The molecule has 3 N–H and O–H groups in total. The summed E-state index contributed by atoms with van der Waals surface area (Å²) in [7, 11) is 0. The minimum absolute atomic E-state index is 0.0687. The van der Waals surface area contributed by atoms with Gasteiger partial charge in [0.1, 0.15) is 0 Å². The van der Waals surface area contributed by atoms with Crippen LogP contribution in [0.4, 0.5) is 0 Å². The van der Waals surface area contributed by atoms with Gasteiger partial charge in [0, 0.05) is 6.42 Å². The predicted molar refractivity (Wildman–Crippen MR) is 216 cm³/mol. The summed E-state index contributed by atoms with van der Waals surface area (Å²) < 4.78 is 0. The molecule has 1 amide bonds. The Morgan fingerprint density at radius 2 is 0.755 bits per heavy atom. The van der Waals surface area contributed by atoms with Crippen molar-refractivity contribution in [3.63, 3.8) is 0 Å². The van der Waals surface area contributed by atoms with E-state index in [4.69, 9.17) is 0 Å². The fourth-order valence-corrected chi connectivity index (χ4v) is 7.06. The van der Waals surface area contributed by atoms with Crippen LogP contribution in [0, 0.1) is 0 Å². The Bertz CT molecular complexity index is 666. The van der Waals surface area contributed by atoms with Crippen LogP contribution in [-0.2, 0) is 4.79 Å². The maximum Gasteiger partial charge on any atom is 0.220 e. The maximum absolute atomic E-state index is 12.2. The van der Waals surface area contributed by atoms with Crippen LogP contribution in [0.2, 0.25) is 0 Å². The number of aliphatic hydroxyl groups excluding tert-OH is 2. The van der Waals surface area contributed by atoms with Crippen molar-refractivity contribution in [2.45, 2.75) is 264 Å². The number of aliphatic hydroxyl groups is 2. The lowest BCUT2D eigenvalue weighted by Crippen LogP contribution is -2.45. The second-order valence-corrected chi connectivity index (χ2v) is 15.5. The van der Waals surface area contributed by atoms with E-state index in [0.717, 1.165) is 25.7 Å². The molecule has 0 heterocycles. The number of amides is 1. The number of carbonyl (C=O) groups excluding carboxylic acids is 1. The molecule has 0 aliphatic heterocycles. The topological polar surface area (TPSA) is 69.6 Å². The van der Waals surface area contributed by atoms with Crippen molar-refractivity contribution in [1.29, 1.82) is 0 Å². The third-order valence-electron chi connectivity index (χ3n) is 10.5. The molecule has 0 fully saturated rings. The fourth-order valence-electron chi connectivity index (χ4n) is 7.06. The zero-order valence-electron chi connectivity index (χ0n) is 33.5. The van der Waals surface area contributed by atoms with Crippen molar-refractivity contribution in [2.75, 3.05) is 6.61 Å². The maximum atomic E-state index is 12.2. The van der Waals surface area contributed by atoms with Crippen LogP contribution in [0.5, 0.6) is 0 Å². The molecule has 2 unspecified atom stereocenters. The van der Waals surface area contributed by atoms with Crippen molar-refractivity contribution in [1.82, 2.24) is 5.32 Å². The highest BCUT2D eigenvalue weighted by molar-refractivity contribution is 5.76. The Labute approximate surface area is 307 Å². The van der Waals surface area contributed by atoms with Gasteiger partial charge in [-0.1, -0.05) is 238 Å². The van der Waals surface area contributed by atoms with E-state index in [1.54, 1.807) is 6.08 Å². The highest BCUT2D eigenvalue weighted by atomic mass is 16.3. The molecule has 0 rings (SSSR count). The molecule has 0 spiro atoms. The summed E-state index contributed by atoms with van der Waals surface area (Å²) in [6.07, 6.45) is 52.2. The molecule has 0 aliphatic rings. The first-order valence-corrected chi connectivity index (χ1v) is 22.4. The van der Waals surface area contributed by atoms with Crippen molar-refractivity contribution < 1.29 is 15.0 Å². The van der Waals surface area contributed by atoms with Gasteiger partial charge in [-0.2, -0.15) is 0 Å². The quantitative estimate of drug-likeness (QED) is 0.0441. The Balaban J connectivity index is 3.38. The van der Waals surface area contributed by atoms with Crippen LogP contribution in [0.15, 0.2) is 12.2 Å². The Morgan fingerprint density at radius 3 is 1.06 bits per heavy atom. The van der Waals surface area contributed by atoms with Gasteiger partial charge in [0.25, 0.3) is 0 Å². The molecule has 0 bridgehead atoms. The van der Waals surface area contributed by atoms with E-state index in [0.29, 0.717) is 6.42 Å². The molecule has 0 saturated carbocycles.